The summed E-state index contributed by atoms with van der Waals surface area (Å²) in [4.78, 5) is 12.6. The van der Waals surface area contributed by atoms with Gasteiger partial charge in [-0.3, -0.25) is 15.0 Å². The highest BCUT2D eigenvalue weighted by Gasteiger charge is 2.17. The molecule has 0 bridgehead atoms. The van der Waals surface area contributed by atoms with Crippen molar-refractivity contribution in [3.8, 4) is 0 Å². The smallest absolute Gasteiger partial charge is 0.292 e. The van der Waals surface area contributed by atoms with E-state index in [1.54, 1.807) is 6.07 Å². The van der Waals surface area contributed by atoms with Crippen LogP contribution < -0.4 is 5.73 Å². The van der Waals surface area contributed by atoms with Crippen LogP contribution in [0.1, 0.15) is 12.0 Å². The first-order valence-electron chi connectivity index (χ1n) is 6.00. The molecule has 98 valence electrons. The third-order valence-corrected chi connectivity index (χ3v) is 3.08. The lowest BCUT2D eigenvalue weighted by Crippen LogP contribution is -2.26. The highest BCUT2D eigenvalue weighted by atomic mass is 16.6. The van der Waals surface area contributed by atoms with Crippen molar-refractivity contribution >= 4 is 11.4 Å². The van der Waals surface area contributed by atoms with Crippen molar-refractivity contribution < 1.29 is 9.66 Å². The van der Waals surface area contributed by atoms with Gasteiger partial charge in [0.25, 0.3) is 5.69 Å². The molecule has 1 saturated heterocycles. The van der Waals surface area contributed by atoms with Crippen LogP contribution in [0.3, 0.4) is 0 Å². The number of benzene rings is 1. The SMILES string of the molecule is Nc1c(CN2CCCOCC2)cccc1[N+](=O)[O-]. The molecule has 0 atom stereocenters. The summed E-state index contributed by atoms with van der Waals surface area (Å²) in [6, 6.07) is 4.95. The zero-order valence-electron chi connectivity index (χ0n) is 10.2. The molecule has 1 aliphatic heterocycles. The fraction of sp³-hybridized carbons (Fsp3) is 0.500. The second-order valence-corrected chi connectivity index (χ2v) is 4.35. The van der Waals surface area contributed by atoms with Crippen molar-refractivity contribution in [3.05, 3.63) is 33.9 Å². The van der Waals surface area contributed by atoms with E-state index in [9.17, 15) is 10.1 Å². The lowest BCUT2D eigenvalue weighted by molar-refractivity contribution is -0.384. The van der Waals surface area contributed by atoms with Crippen molar-refractivity contribution in [2.75, 3.05) is 32.0 Å². The highest BCUT2D eigenvalue weighted by molar-refractivity contribution is 5.62. The molecule has 0 spiro atoms. The Bertz CT molecular complexity index is 429. The maximum atomic E-state index is 10.8. The first-order valence-corrected chi connectivity index (χ1v) is 6.00. The van der Waals surface area contributed by atoms with E-state index in [0.717, 1.165) is 31.7 Å². The van der Waals surface area contributed by atoms with E-state index < -0.39 is 4.92 Å². The average Bonchev–Trinajstić information content (AvgIpc) is 2.60. The highest BCUT2D eigenvalue weighted by Crippen LogP contribution is 2.25. The van der Waals surface area contributed by atoms with Crippen LogP contribution in [0.5, 0.6) is 0 Å². The van der Waals surface area contributed by atoms with Gasteiger partial charge < -0.3 is 10.5 Å². The molecule has 2 rings (SSSR count). The topological polar surface area (TPSA) is 81.6 Å². The molecule has 18 heavy (non-hydrogen) atoms. The van der Waals surface area contributed by atoms with Crippen LogP contribution in [0, 0.1) is 10.1 Å². The normalized spacial score (nSPS) is 17.3. The number of hydrogen-bond donors (Lipinski definition) is 1. The molecular weight excluding hydrogens is 234 g/mol. The number of nitrogens with zero attached hydrogens (tertiary/aromatic N) is 2. The fourth-order valence-corrected chi connectivity index (χ4v) is 2.09. The molecule has 0 radical (unpaired) electrons. The molecule has 1 fully saturated rings. The first kappa shape index (κ1) is 12.8. The Morgan fingerprint density at radius 3 is 3.00 bits per heavy atom. The predicted molar refractivity (Wildman–Crippen MR) is 68.2 cm³/mol. The van der Waals surface area contributed by atoms with Crippen LogP contribution in [-0.4, -0.2) is 36.1 Å². The number of nitrogens with two attached hydrogens (primary N) is 1. The Balaban J connectivity index is 2.13. The van der Waals surface area contributed by atoms with E-state index in [2.05, 4.69) is 4.90 Å². The Kier molecular flexibility index (Phi) is 4.11. The van der Waals surface area contributed by atoms with E-state index in [1.165, 1.54) is 6.07 Å². The number of para-hydroxylation sites is 1. The van der Waals surface area contributed by atoms with E-state index in [1.807, 2.05) is 6.07 Å². The summed E-state index contributed by atoms with van der Waals surface area (Å²) in [5.74, 6) is 0. The monoisotopic (exact) mass is 251 g/mol. The number of nitro benzene ring substituents is 1. The molecule has 0 saturated carbocycles. The Hall–Kier alpha value is -1.66. The Morgan fingerprint density at radius 2 is 2.22 bits per heavy atom. The fourth-order valence-electron chi connectivity index (χ4n) is 2.09. The summed E-state index contributed by atoms with van der Waals surface area (Å²) in [7, 11) is 0. The van der Waals surface area contributed by atoms with Crippen LogP contribution in [-0.2, 0) is 11.3 Å². The summed E-state index contributed by atoms with van der Waals surface area (Å²) >= 11 is 0. The van der Waals surface area contributed by atoms with Gasteiger partial charge in [0.2, 0.25) is 0 Å². The second-order valence-electron chi connectivity index (χ2n) is 4.35. The van der Waals surface area contributed by atoms with E-state index in [0.29, 0.717) is 13.2 Å². The van der Waals surface area contributed by atoms with Gasteiger partial charge in [-0.2, -0.15) is 0 Å². The third kappa shape index (κ3) is 2.96. The lowest BCUT2D eigenvalue weighted by atomic mass is 10.1. The van der Waals surface area contributed by atoms with Gasteiger partial charge in [-0.25, -0.2) is 0 Å². The predicted octanol–water partition coefficient (Wildman–Crippen LogP) is 1.40. The molecule has 0 unspecified atom stereocenters. The standard InChI is InChI=1S/C12H17N3O3/c13-12-10(3-1-4-11(12)15(16)17)9-14-5-2-7-18-8-6-14/h1,3-4H,2,5-9,13H2. The van der Waals surface area contributed by atoms with Gasteiger partial charge in [-0.1, -0.05) is 12.1 Å². The maximum Gasteiger partial charge on any atom is 0.292 e. The number of hydrogen-bond acceptors (Lipinski definition) is 5. The van der Waals surface area contributed by atoms with E-state index in [-0.39, 0.29) is 11.4 Å². The van der Waals surface area contributed by atoms with Gasteiger partial charge in [0.1, 0.15) is 5.69 Å². The zero-order chi connectivity index (χ0) is 13.0. The minimum atomic E-state index is -0.440. The van der Waals surface area contributed by atoms with Crippen LogP contribution in [0.4, 0.5) is 11.4 Å². The molecule has 0 amide bonds. The second kappa shape index (κ2) is 5.79. The average molecular weight is 251 g/mol. The van der Waals surface area contributed by atoms with E-state index in [4.69, 9.17) is 10.5 Å². The Labute approximate surface area is 105 Å². The van der Waals surface area contributed by atoms with Crippen molar-refractivity contribution in [2.24, 2.45) is 0 Å². The maximum absolute atomic E-state index is 10.8. The van der Waals surface area contributed by atoms with Gasteiger partial charge in [0.15, 0.2) is 0 Å². The van der Waals surface area contributed by atoms with Crippen molar-refractivity contribution in [1.29, 1.82) is 0 Å². The number of rotatable bonds is 3. The molecule has 6 heteroatoms. The van der Waals surface area contributed by atoms with Crippen molar-refractivity contribution in [3.63, 3.8) is 0 Å². The molecule has 6 nitrogen and oxygen atoms in total. The van der Waals surface area contributed by atoms with Gasteiger partial charge >= 0.3 is 0 Å². The summed E-state index contributed by atoms with van der Waals surface area (Å²) in [5.41, 5.74) is 6.91. The third-order valence-electron chi connectivity index (χ3n) is 3.08. The van der Waals surface area contributed by atoms with Crippen molar-refractivity contribution in [1.82, 2.24) is 4.90 Å². The minimum absolute atomic E-state index is 0.0152. The molecular formula is C12H17N3O3. The van der Waals surface area contributed by atoms with Crippen LogP contribution >= 0.6 is 0 Å². The van der Waals surface area contributed by atoms with Crippen LogP contribution in [0.25, 0.3) is 0 Å². The van der Waals surface area contributed by atoms with Crippen LogP contribution in [0.15, 0.2) is 18.2 Å². The number of ether oxygens (including phenoxy) is 1. The molecule has 1 aromatic carbocycles. The van der Waals surface area contributed by atoms with Gasteiger partial charge in [-0.05, 0) is 12.0 Å². The van der Waals surface area contributed by atoms with Crippen LogP contribution in [0.2, 0.25) is 0 Å². The largest absolute Gasteiger partial charge is 0.393 e. The molecule has 2 N–H and O–H groups in total. The molecule has 0 aliphatic carbocycles. The summed E-state index contributed by atoms with van der Waals surface area (Å²) in [5, 5.41) is 10.8. The number of nitrogen functional groups attached to an aromatic ring is 1. The first-order chi connectivity index (χ1) is 8.68. The van der Waals surface area contributed by atoms with Crippen molar-refractivity contribution in [2.45, 2.75) is 13.0 Å². The number of nitro groups is 1. The summed E-state index contributed by atoms with van der Waals surface area (Å²) < 4.78 is 5.37. The molecule has 1 aliphatic rings. The Morgan fingerprint density at radius 1 is 1.39 bits per heavy atom. The lowest BCUT2D eigenvalue weighted by Gasteiger charge is -2.19. The molecule has 1 aromatic rings. The number of anilines is 1. The molecule has 0 aromatic heterocycles. The minimum Gasteiger partial charge on any atom is -0.393 e. The zero-order valence-corrected chi connectivity index (χ0v) is 10.2. The van der Waals surface area contributed by atoms with E-state index >= 15 is 0 Å². The summed E-state index contributed by atoms with van der Waals surface area (Å²) in [6.45, 7) is 3.89. The molecule has 1 heterocycles. The quantitative estimate of drug-likeness (QED) is 0.499. The van der Waals surface area contributed by atoms with Gasteiger partial charge in [0, 0.05) is 32.3 Å². The van der Waals surface area contributed by atoms with Gasteiger partial charge in [-0.15, -0.1) is 0 Å². The van der Waals surface area contributed by atoms with Gasteiger partial charge in [0.05, 0.1) is 11.5 Å². The summed E-state index contributed by atoms with van der Waals surface area (Å²) in [6.07, 6.45) is 0.981.